The highest BCUT2D eigenvalue weighted by Crippen LogP contribution is 2.29. The van der Waals surface area contributed by atoms with Crippen LogP contribution in [-0.4, -0.2) is 19.2 Å². The summed E-state index contributed by atoms with van der Waals surface area (Å²) in [6.45, 7) is 2.49. The van der Waals surface area contributed by atoms with Crippen LogP contribution >= 0.6 is 15.9 Å². The lowest BCUT2D eigenvalue weighted by Gasteiger charge is -2.10. The molecular weight excluding hydrogens is 284 g/mol. The van der Waals surface area contributed by atoms with Crippen molar-refractivity contribution in [1.29, 1.82) is 0 Å². The summed E-state index contributed by atoms with van der Waals surface area (Å²) in [5.41, 5.74) is 0.578. The Morgan fingerprint density at radius 3 is 2.88 bits per heavy atom. The molecule has 4 heteroatoms. The Morgan fingerprint density at radius 2 is 2.24 bits per heavy atom. The quantitative estimate of drug-likeness (QED) is 0.459. The minimum atomic E-state index is -0.0107. The molecule has 2 rings (SSSR count). The standard InChI is InChI=1S/C13H15BrO3/c1-9(15)12-6-11(14)4-5-13(12)17-8-16-7-10-2-3-10/h4-6,10H,2-3,7-8H2,1H3. The summed E-state index contributed by atoms with van der Waals surface area (Å²) < 4.78 is 11.7. The maximum absolute atomic E-state index is 11.4. The van der Waals surface area contributed by atoms with Gasteiger partial charge in [0.2, 0.25) is 0 Å². The molecule has 0 heterocycles. The van der Waals surface area contributed by atoms with Crippen molar-refractivity contribution in [2.45, 2.75) is 19.8 Å². The summed E-state index contributed by atoms with van der Waals surface area (Å²) in [7, 11) is 0. The Balaban J connectivity index is 1.91. The van der Waals surface area contributed by atoms with E-state index in [9.17, 15) is 4.79 Å². The van der Waals surface area contributed by atoms with Crippen molar-refractivity contribution in [2.75, 3.05) is 13.4 Å². The first-order chi connectivity index (χ1) is 8.16. The molecular formula is C13H15BrO3. The zero-order valence-electron chi connectivity index (χ0n) is 9.74. The lowest BCUT2D eigenvalue weighted by molar-refractivity contribution is 0.00959. The van der Waals surface area contributed by atoms with Crippen molar-refractivity contribution >= 4 is 21.7 Å². The summed E-state index contributed by atoms with van der Waals surface area (Å²) in [6.07, 6.45) is 2.52. The Hall–Kier alpha value is -0.870. The molecule has 1 saturated carbocycles. The van der Waals surface area contributed by atoms with E-state index in [-0.39, 0.29) is 12.6 Å². The van der Waals surface area contributed by atoms with Gasteiger partial charge in [-0.3, -0.25) is 4.79 Å². The summed E-state index contributed by atoms with van der Waals surface area (Å²) >= 11 is 3.33. The Labute approximate surface area is 109 Å². The van der Waals surface area contributed by atoms with E-state index in [1.54, 1.807) is 12.1 Å². The summed E-state index contributed by atoms with van der Waals surface area (Å²) in [5, 5.41) is 0. The number of ether oxygens (including phenoxy) is 2. The number of carbonyl (C=O) groups is 1. The van der Waals surface area contributed by atoms with E-state index in [2.05, 4.69) is 15.9 Å². The molecule has 1 fully saturated rings. The van der Waals surface area contributed by atoms with E-state index in [1.165, 1.54) is 19.8 Å². The number of hydrogen-bond acceptors (Lipinski definition) is 3. The number of halogens is 1. The molecule has 1 aromatic carbocycles. The molecule has 1 aliphatic rings. The zero-order chi connectivity index (χ0) is 12.3. The number of carbonyl (C=O) groups excluding carboxylic acids is 1. The van der Waals surface area contributed by atoms with E-state index >= 15 is 0 Å². The van der Waals surface area contributed by atoms with Gasteiger partial charge >= 0.3 is 0 Å². The molecule has 1 aromatic rings. The number of hydrogen-bond donors (Lipinski definition) is 0. The Bertz CT molecular complexity index is 413. The van der Waals surface area contributed by atoms with Gasteiger partial charge in [-0.1, -0.05) is 15.9 Å². The predicted molar refractivity (Wildman–Crippen MR) is 68.3 cm³/mol. The van der Waals surface area contributed by atoms with Gasteiger partial charge in [-0.05, 0) is 43.9 Å². The third-order valence-corrected chi connectivity index (χ3v) is 3.16. The molecule has 0 N–H and O–H groups in total. The van der Waals surface area contributed by atoms with E-state index in [4.69, 9.17) is 9.47 Å². The van der Waals surface area contributed by atoms with Gasteiger partial charge in [-0.25, -0.2) is 0 Å². The third kappa shape index (κ3) is 3.82. The van der Waals surface area contributed by atoms with Crippen molar-refractivity contribution in [3.63, 3.8) is 0 Å². The minimum Gasteiger partial charge on any atom is -0.467 e. The van der Waals surface area contributed by atoms with Gasteiger partial charge in [0, 0.05) is 4.47 Å². The number of Topliss-reactive ketones (excluding diaryl/α,β-unsaturated/α-hetero) is 1. The normalized spacial score (nSPS) is 14.7. The van der Waals surface area contributed by atoms with Crippen LogP contribution in [0.2, 0.25) is 0 Å². The van der Waals surface area contributed by atoms with E-state index < -0.39 is 0 Å². The molecule has 0 unspecified atom stereocenters. The van der Waals surface area contributed by atoms with Gasteiger partial charge in [0.15, 0.2) is 12.6 Å². The van der Waals surface area contributed by atoms with Crippen molar-refractivity contribution in [1.82, 2.24) is 0 Å². The van der Waals surface area contributed by atoms with Gasteiger partial charge in [-0.15, -0.1) is 0 Å². The van der Waals surface area contributed by atoms with Crippen molar-refractivity contribution in [3.8, 4) is 5.75 Å². The van der Waals surface area contributed by atoms with Crippen LogP contribution < -0.4 is 4.74 Å². The van der Waals surface area contributed by atoms with E-state index in [0.29, 0.717) is 11.3 Å². The molecule has 17 heavy (non-hydrogen) atoms. The maximum Gasteiger partial charge on any atom is 0.189 e. The SMILES string of the molecule is CC(=O)c1cc(Br)ccc1OCOCC1CC1. The molecule has 92 valence electrons. The number of benzene rings is 1. The fraction of sp³-hybridized carbons (Fsp3) is 0.462. The maximum atomic E-state index is 11.4. The lowest BCUT2D eigenvalue weighted by Crippen LogP contribution is -2.07. The lowest BCUT2D eigenvalue weighted by atomic mass is 10.1. The van der Waals surface area contributed by atoms with Gasteiger partial charge in [0.25, 0.3) is 0 Å². The first-order valence-corrected chi connectivity index (χ1v) is 6.47. The van der Waals surface area contributed by atoms with Crippen molar-refractivity contribution < 1.29 is 14.3 Å². The zero-order valence-corrected chi connectivity index (χ0v) is 11.3. The highest BCUT2D eigenvalue weighted by molar-refractivity contribution is 9.10. The van der Waals surface area contributed by atoms with Crippen LogP contribution in [0.25, 0.3) is 0 Å². The molecule has 0 atom stereocenters. The summed E-state index contributed by atoms with van der Waals surface area (Å²) in [6, 6.07) is 5.39. The second kappa shape index (κ2) is 5.65. The van der Waals surface area contributed by atoms with Crippen LogP contribution in [0.5, 0.6) is 5.75 Å². The topological polar surface area (TPSA) is 35.5 Å². The predicted octanol–water partition coefficient (Wildman–Crippen LogP) is 3.41. The first-order valence-electron chi connectivity index (χ1n) is 5.68. The van der Waals surface area contributed by atoms with Crippen LogP contribution in [0.4, 0.5) is 0 Å². The Kier molecular flexibility index (Phi) is 4.18. The van der Waals surface area contributed by atoms with Gasteiger partial charge in [-0.2, -0.15) is 0 Å². The molecule has 1 aliphatic carbocycles. The number of ketones is 1. The van der Waals surface area contributed by atoms with Gasteiger partial charge in [0.1, 0.15) is 5.75 Å². The van der Waals surface area contributed by atoms with Crippen molar-refractivity contribution in [2.24, 2.45) is 5.92 Å². The van der Waals surface area contributed by atoms with Crippen molar-refractivity contribution in [3.05, 3.63) is 28.2 Å². The smallest absolute Gasteiger partial charge is 0.189 e. The van der Waals surface area contributed by atoms with Crippen LogP contribution in [0.1, 0.15) is 30.1 Å². The summed E-state index contributed by atoms with van der Waals surface area (Å²) in [4.78, 5) is 11.4. The second-order valence-corrected chi connectivity index (χ2v) is 5.19. The molecule has 0 spiro atoms. The largest absolute Gasteiger partial charge is 0.467 e. The van der Waals surface area contributed by atoms with Crippen LogP contribution in [-0.2, 0) is 4.74 Å². The molecule has 0 saturated heterocycles. The molecule has 3 nitrogen and oxygen atoms in total. The first kappa shape index (κ1) is 12.6. The average Bonchev–Trinajstić information content (AvgIpc) is 3.09. The average molecular weight is 299 g/mol. The highest BCUT2D eigenvalue weighted by atomic mass is 79.9. The fourth-order valence-corrected chi connectivity index (χ4v) is 1.87. The second-order valence-electron chi connectivity index (χ2n) is 4.27. The number of rotatable bonds is 6. The van der Waals surface area contributed by atoms with Gasteiger partial charge < -0.3 is 9.47 Å². The minimum absolute atomic E-state index is 0.0107. The molecule has 0 amide bonds. The molecule has 0 aliphatic heterocycles. The summed E-state index contributed by atoms with van der Waals surface area (Å²) in [5.74, 6) is 1.29. The highest BCUT2D eigenvalue weighted by Gasteiger charge is 2.21. The molecule has 0 radical (unpaired) electrons. The monoisotopic (exact) mass is 298 g/mol. The van der Waals surface area contributed by atoms with E-state index in [0.717, 1.165) is 17.0 Å². The Morgan fingerprint density at radius 1 is 1.47 bits per heavy atom. The van der Waals surface area contributed by atoms with Gasteiger partial charge in [0.05, 0.1) is 12.2 Å². The van der Waals surface area contributed by atoms with Crippen LogP contribution in [0.15, 0.2) is 22.7 Å². The van der Waals surface area contributed by atoms with E-state index in [1.807, 2.05) is 6.07 Å². The fourth-order valence-electron chi connectivity index (χ4n) is 1.51. The molecule has 0 aromatic heterocycles. The molecule has 0 bridgehead atoms. The van der Waals surface area contributed by atoms with Crippen LogP contribution in [0.3, 0.4) is 0 Å². The van der Waals surface area contributed by atoms with Crippen LogP contribution in [0, 0.1) is 5.92 Å². The third-order valence-electron chi connectivity index (χ3n) is 2.67.